The van der Waals surface area contributed by atoms with Gasteiger partial charge in [-0.05, 0) is 13.0 Å². The third-order valence-corrected chi connectivity index (χ3v) is 4.97. The molecule has 1 aromatic carbocycles. The lowest BCUT2D eigenvalue weighted by molar-refractivity contribution is -0.384. The number of nitrogens with one attached hydrogen (secondary N) is 1. The molecule has 0 saturated carbocycles. The second-order valence-corrected chi connectivity index (χ2v) is 5.96. The molecular formula is C12H19N3O4S. The Labute approximate surface area is 118 Å². The van der Waals surface area contributed by atoms with E-state index in [2.05, 4.69) is 5.32 Å². The summed E-state index contributed by atoms with van der Waals surface area (Å²) in [5.41, 5.74) is 0.119. The third-order valence-electron chi connectivity index (χ3n) is 2.86. The Hall–Kier alpha value is -1.67. The predicted molar refractivity (Wildman–Crippen MR) is 77.4 cm³/mol. The van der Waals surface area contributed by atoms with Crippen molar-refractivity contribution in [3.05, 3.63) is 28.3 Å². The van der Waals surface area contributed by atoms with Gasteiger partial charge in [0, 0.05) is 31.8 Å². The molecule has 0 aromatic heterocycles. The van der Waals surface area contributed by atoms with Crippen LogP contribution in [0, 0.1) is 10.1 Å². The topological polar surface area (TPSA) is 92.5 Å². The number of nitrogens with zero attached hydrogens (tertiary/aromatic N) is 2. The zero-order valence-corrected chi connectivity index (χ0v) is 12.6. The maximum Gasteiger partial charge on any atom is 0.271 e. The second-order valence-electron chi connectivity index (χ2n) is 4.06. The molecule has 0 atom stereocenters. The molecular weight excluding hydrogens is 282 g/mol. The predicted octanol–water partition coefficient (Wildman–Crippen LogP) is 2.06. The van der Waals surface area contributed by atoms with Crippen molar-refractivity contribution < 1.29 is 13.3 Å². The summed E-state index contributed by atoms with van der Waals surface area (Å²) in [7, 11) is -3.65. The second kappa shape index (κ2) is 6.67. The van der Waals surface area contributed by atoms with Gasteiger partial charge < -0.3 is 5.32 Å². The number of nitro benzene ring substituents is 1. The maximum atomic E-state index is 12.5. The standard InChI is InChI=1S/C12H19N3O4S/c1-4-13-11-9-10(15(16)17)7-8-12(11)20(18,19)14(5-2)6-3/h7-9,13H,4-6H2,1-3H3. The fourth-order valence-corrected chi connectivity index (χ4v) is 3.49. The van der Waals surface area contributed by atoms with E-state index in [1.54, 1.807) is 20.8 Å². The van der Waals surface area contributed by atoms with Crippen LogP contribution in [0.4, 0.5) is 11.4 Å². The number of benzene rings is 1. The first-order valence-corrected chi connectivity index (χ1v) is 7.84. The van der Waals surface area contributed by atoms with Crippen molar-refractivity contribution in [1.29, 1.82) is 0 Å². The molecule has 1 aromatic rings. The van der Waals surface area contributed by atoms with Gasteiger partial charge in [-0.25, -0.2) is 8.42 Å². The van der Waals surface area contributed by atoms with Crippen molar-refractivity contribution in [2.75, 3.05) is 25.0 Å². The van der Waals surface area contributed by atoms with Gasteiger partial charge in [-0.15, -0.1) is 0 Å². The van der Waals surface area contributed by atoms with Gasteiger partial charge in [0.15, 0.2) is 0 Å². The molecule has 0 heterocycles. The van der Waals surface area contributed by atoms with Gasteiger partial charge in [0.1, 0.15) is 4.90 Å². The van der Waals surface area contributed by atoms with Crippen LogP contribution in [0.5, 0.6) is 0 Å². The Balaban J connectivity index is 3.40. The quantitative estimate of drug-likeness (QED) is 0.614. The molecule has 7 nitrogen and oxygen atoms in total. The lowest BCUT2D eigenvalue weighted by Gasteiger charge is -2.20. The maximum absolute atomic E-state index is 12.5. The molecule has 20 heavy (non-hydrogen) atoms. The molecule has 112 valence electrons. The number of non-ortho nitro benzene ring substituents is 1. The summed E-state index contributed by atoms with van der Waals surface area (Å²) < 4.78 is 26.3. The van der Waals surface area contributed by atoms with Crippen LogP contribution in [0.1, 0.15) is 20.8 Å². The first-order valence-electron chi connectivity index (χ1n) is 6.40. The summed E-state index contributed by atoms with van der Waals surface area (Å²) in [6, 6.07) is 3.74. The van der Waals surface area contributed by atoms with Crippen LogP contribution in [0.15, 0.2) is 23.1 Å². The number of rotatable bonds is 7. The lowest BCUT2D eigenvalue weighted by atomic mass is 10.3. The number of nitro groups is 1. The molecule has 0 aliphatic rings. The molecule has 0 spiro atoms. The molecule has 0 bridgehead atoms. The van der Waals surface area contributed by atoms with E-state index in [0.717, 1.165) is 0 Å². The third kappa shape index (κ3) is 3.26. The van der Waals surface area contributed by atoms with Crippen molar-refractivity contribution in [2.24, 2.45) is 0 Å². The van der Waals surface area contributed by atoms with Crippen LogP contribution < -0.4 is 5.32 Å². The van der Waals surface area contributed by atoms with Crippen LogP contribution >= 0.6 is 0 Å². The first-order chi connectivity index (χ1) is 9.38. The van der Waals surface area contributed by atoms with Crippen LogP contribution in [-0.2, 0) is 10.0 Å². The van der Waals surface area contributed by atoms with E-state index in [-0.39, 0.29) is 16.3 Å². The SMILES string of the molecule is CCNc1cc([N+](=O)[O-])ccc1S(=O)(=O)N(CC)CC. The Morgan fingerprint density at radius 2 is 1.85 bits per heavy atom. The highest BCUT2D eigenvalue weighted by Crippen LogP contribution is 2.28. The van der Waals surface area contributed by atoms with Crippen molar-refractivity contribution in [2.45, 2.75) is 25.7 Å². The van der Waals surface area contributed by atoms with Crippen molar-refractivity contribution in [1.82, 2.24) is 4.31 Å². The van der Waals surface area contributed by atoms with Crippen molar-refractivity contribution in [3.63, 3.8) is 0 Å². The number of hydrogen-bond donors (Lipinski definition) is 1. The summed E-state index contributed by atoms with van der Waals surface area (Å²) in [6.07, 6.45) is 0. The van der Waals surface area contributed by atoms with E-state index in [1.165, 1.54) is 22.5 Å². The summed E-state index contributed by atoms with van der Waals surface area (Å²) in [5.74, 6) is 0. The highest BCUT2D eigenvalue weighted by Gasteiger charge is 2.26. The Morgan fingerprint density at radius 1 is 1.25 bits per heavy atom. The largest absolute Gasteiger partial charge is 0.384 e. The zero-order chi connectivity index (χ0) is 15.3. The summed E-state index contributed by atoms with van der Waals surface area (Å²) in [6.45, 7) is 6.47. The van der Waals surface area contributed by atoms with E-state index in [9.17, 15) is 18.5 Å². The van der Waals surface area contributed by atoms with Gasteiger partial charge in [0.05, 0.1) is 10.6 Å². The van der Waals surface area contributed by atoms with Gasteiger partial charge in [-0.2, -0.15) is 4.31 Å². The van der Waals surface area contributed by atoms with Gasteiger partial charge in [-0.3, -0.25) is 10.1 Å². The van der Waals surface area contributed by atoms with E-state index >= 15 is 0 Å². The van der Waals surface area contributed by atoms with E-state index in [0.29, 0.717) is 19.6 Å². The van der Waals surface area contributed by atoms with E-state index in [1.807, 2.05) is 0 Å². The zero-order valence-electron chi connectivity index (χ0n) is 11.8. The van der Waals surface area contributed by atoms with Gasteiger partial charge in [-0.1, -0.05) is 13.8 Å². The van der Waals surface area contributed by atoms with Gasteiger partial charge in [0.2, 0.25) is 10.0 Å². The van der Waals surface area contributed by atoms with Crippen LogP contribution in [0.3, 0.4) is 0 Å². The summed E-state index contributed by atoms with van der Waals surface area (Å²) >= 11 is 0. The molecule has 0 saturated heterocycles. The summed E-state index contributed by atoms with van der Waals surface area (Å²) in [5, 5.41) is 13.7. The smallest absolute Gasteiger partial charge is 0.271 e. The number of hydrogen-bond acceptors (Lipinski definition) is 5. The Bertz CT molecular complexity index is 582. The molecule has 0 unspecified atom stereocenters. The van der Waals surface area contributed by atoms with Crippen LogP contribution in [0.25, 0.3) is 0 Å². The van der Waals surface area contributed by atoms with Crippen molar-refractivity contribution in [3.8, 4) is 0 Å². The fraction of sp³-hybridized carbons (Fsp3) is 0.500. The van der Waals surface area contributed by atoms with Crippen LogP contribution in [-0.4, -0.2) is 37.3 Å². The normalized spacial score (nSPS) is 11.6. The van der Waals surface area contributed by atoms with E-state index < -0.39 is 14.9 Å². The molecule has 0 fully saturated rings. The Kier molecular flexibility index (Phi) is 5.46. The molecule has 8 heteroatoms. The van der Waals surface area contributed by atoms with Crippen LogP contribution in [0.2, 0.25) is 0 Å². The minimum atomic E-state index is -3.65. The molecule has 1 N–H and O–H groups in total. The van der Waals surface area contributed by atoms with Gasteiger partial charge in [0.25, 0.3) is 5.69 Å². The minimum Gasteiger partial charge on any atom is -0.384 e. The first kappa shape index (κ1) is 16.4. The molecule has 0 amide bonds. The molecule has 0 radical (unpaired) electrons. The number of anilines is 1. The average Bonchev–Trinajstić information content (AvgIpc) is 2.39. The monoisotopic (exact) mass is 301 g/mol. The minimum absolute atomic E-state index is 0.0636. The molecule has 0 aliphatic heterocycles. The van der Waals surface area contributed by atoms with E-state index in [4.69, 9.17) is 0 Å². The Morgan fingerprint density at radius 3 is 2.30 bits per heavy atom. The number of sulfonamides is 1. The highest BCUT2D eigenvalue weighted by atomic mass is 32.2. The molecule has 1 rings (SSSR count). The molecule has 0 aliphatic carbocycles. The van der Waals surface area contributed by atoms with Crippen molar-refractivity contribution >= 4 is 21.4 Å². The lowest BCUT2D eigenvalue weighted by Crippen LogP contribution is -2.31. The highest BCUT2D eigenvalue weighted by molar-refractivity contribution is 7.89. The fourth-order valence-electron chi connectivity index (χ4n) is 1.89. The van der Waals surface area contributed by atoms with Gasteiger partial charge >= 0.3 is 0 Å². The summed E-state index contributed by atoms with van der Waals surface area (Å²) in [4.78, 5) is 10.3. The average molecular weight is 301 g/mol.